The first kappa shape index (κ1) is 22.1. The second-order valence-electron chi connectivity index (χ2n) is 6.55. The summed E-state index contributed by atoms with van der Waals surface area (Å²) in [7, 11) is 1.36. The molecule has 31 heavy (non-hydrogen) atoms. The maximum absolute atomic E-state index is 12.2. The molecule has 0 aliphatic rings. The van der Waals surface area contributed by atoms with Gasteiger partial charge in [-0.3, -0.25) is 14.9 Å². The molecular weight excluding hydrogens is 424 g/mol. The van der Waals surface area contributed by atoms with E-state index in [0.717, 1.165) is 22.9 Å². The van der Waals surface area contributed by atoms with Gasteiger partial charge in [0.05, 0.1) is 29.5 Å². The molecule has 0 saturated carbocycles. The maximum Gasteiger partial charge on any atom is 0.277 e. The molecule has 2 aromatic carbocycles. The minimum atomic E-state index is -0.541. The normalized spacial score (nSPS) is 10.5. The summed E-state index contributed by atoms with van der Waals surface area (Å²) in [5.41, 5.74) is 2.37. The van der Waals surface area contributed by atoms with Crippen LogP contribution in [0, 0.1) is 24.0 Å². The minimum absolute atomic E-state index is 0.000291. The number of hydrogen-bond acceptors (Lipinski definition) is 9. The number of carbonyl (C=O) groups excluding carboxylic acids is 1. The summed E-state index contributed by atoms with van der Waals surface area (Å²) >= 11 is 1.06. The number of carbonyl (C=O) groups is 1. The van der Waals surface area contributed by atoms with Crippen molar-refractivity contribution in [3.63, 3.8) is 0 Å². The number of thioether (sulfide) groups is 1. The Hall–Kier alpha value is -3.60. The molecule has 0 bridgehead atoms. The van der Waals surface area contributed by atoms with Crippen molar-refractivity contribution in [3.8, 4) is 11.5 Å². The monoisotopic (exact) mass is 444 g/mol. The lowest BCUT2D eigenvalue weighted by Crippen LogP contribution is -2.14. The Bertz CT molecular complexity index is 1080. The molecule has 0 saturated heterocycles. The van der Waals surface area contributed by atoms with Crippen LogP contribution in [-0.4, -0.2) is 33.9 Å². The van der Waals surface area contributed by atoms with Crippen molar-refractivity contribution < 1.29 is 23.6 Å². The van der Waals surface area contributed by atoms with Gasteiger partial charge in [-0.1, -0.05) is 17.8 Å². The summed E-state index contributed by atoms with van der Waals surface area (Å²) in [5, 5.41) is 21.5. The van der Waals surface area contributed by atoms with E-state index in [1.54, 1.807) is 0 Å². The molecule has 0 spiro atoms. The molecule has 0 fully saturated rings. The van der Waals surface area contributed by atoms with Gasteiger partial charge in [-0.05, 0) is 43.2 Å². The zero-order valence-electron chi connectivity index (χ0n) is 17.1. The zero-order valence-corrected chi connectivity index (χ0v) is 17.9. The number of aromatic nitrogens is 2. The van der Waals surface area contributed by atoms with Gasteiger partial charge < -0.3 is 19.2 Å². The van der Waals surface area contributed by atoms with Crippen LogP contribution in [0.3, 0.4) is 0 Å². The molecule has 10 nitrogen and oxygen atoms in total. The van der Waals surface area contributed by atoms with Gasteiger partial charge in [0.25, 0.3) is 16.8 Å². The number of nitro groups is 1. The molecule has 3 aromatic rings. The second-order valence-corrected chi connectivity index (χ2v) is 7.48. The number of amides is 1. The van der Waals surface area contributed by atoms with E-state index < -0.39 is 4.92 Å². The van der Waals surface area contributed by atoms with Crippen LogP contribution in [0.5, 0.6) is 11.5 Å². The van der Waals surface area contributed by atoms with Crippen LogP contribution in [0.1, 0.15) is 17.0 Å². The molecule has 0 unspecified atom stereocenters. The topological polar surface area (TPSA) is 130 Å². The summed E-state index contributed by atoms with van der Waals surface area (Å²) in [6.07, 6.45) is 0. The molecular formula is C20H20N4O6S. The molecule has 1 heterocycles. The van der Waals surface area contributed by atoms with E-state index in [1.165, 1.54) is 25.3 Å². The quantitative estimate of drug-likeness (QED) is 0.296. The number of rotatable bonds is 9. The van der Waals surface area contributed by atoms with Crippen LogP contribution in [0.2, 0.25) is 0 Å². The Morgan fingerprint density at radius 2 is 1.94 bits per heavy atom. The van der Waals surface area contributed by atoms with E-state index in [4.69, 9.17) is 13.9 Å². The van der Waals surface area contributed by atoms with Crippen molar-refractivity contribution in [2.45, 2.75) is 25.7 Å². The molecule has 0 aliphatic heterocycles. The molecule has 0 atom stereocenters. The first-order valence-corrected chi connectivity index (χ1v) is 10.1. The fraction of sp³-hybridized carbons (Fsp3) is 0.250. The highest BCUT2D eigenvalue weighted by molar-refractivity contribution is 7.99. The average Bonchev–Trinajstić information content (AvgIpc) is 3.18. The average molecular weight is 444 g/mol. The third kappa shape index (κ3) is 6.19. The number of anilines is 1. The Kier molecular flexibility index (Phi) is 7.08. The van der Waals surface area contributed by atoms with Gasteiger partial charge in [0.2, 0.25) is 5.91 Å². The summed E-state index contributed by atoms with van der Waals surface area (Å²) < 4.78 is 16.3. The van der Waals surface area contributed by atoms with E-state index in [0.29, 0.717) is 17.3 Å². The van der Waals surface area contributed by atoms with Crippen molar-refractivity contribution in [1.29, 1.82) is 0 Å². The lowest BCUT2D eigenvalue weighted by Gasteiger charge is -2.09. The van der Waals surface area contributed by atoms with Gasteiger partial charge in [0.1, 0.15) is 11.5 Å². The van der Waals surface area contributed by atoms with Gasteiger partial charge in [0, 0.05) is 6.07 Å². The maximum atomic E-state index is 12.2. The number of nitrogens with one attached hydrogen (secondary N) is 1. The number of methoxy groups -OCH3 is 1. The van der Waals surface area contributed by atoms with Crippen LogP contribution in [0.25, 0.3) is 0 Å². The minimum Gasteiger partial charge on any atom is -0.494 e. The van der Waals surface area contributed by atoms with Crippen LogP contribution >= 0.6 is 11.8 Å². The molecule has 162 valence electrons. The SMILES string of the molecule is COc1cc([N+](=O)[O-])ccc1NC(=O)CSc1nnc(COc2cc(C)cc(C)c2)o1. The number of aryl methyl sites for hydroxylation is 2. The number of hydrogen-bond donors (Lipinski definition) is 1. The van der Waals surface area contributed by atoms with Crippen molar-refractivity contribution >= 4 is 29.0 Å². The van der Waals surface area contributed by atoms with Crippen molar-refractivity contribution in [2.75, 3.05) is 18.2 Å². The summed E-state index contributed by atoms with van der Waals surface area (Å²) in [6, 6.07) is 9.81. The number of benzene rings is 2. The second kappa shape index (κ2) is 9.94. The fourth-order valence-electron chi connectivity index (χ4n) is 2.73. The molecule has 1 amide bonds. The number of ether oxygens (including phenoxy) is 2. The molecule has 3 rings (SSSR count). The fourth-order valence-corrected chi connectivity index (χ4v) is 3.31. The highest BCUT2D eigenvalue weighted by atomic mass is 32.2. The lowest BCUT2D eigenvalue weighted by atomic mass is 10.1. The Labute approximate surface area is 182 Å². The number of nitrogens with zero attached hydrogens (tertiary/aromatic N) is 3. The van der Waals surface area contributed by atoms with Gasteiger partial charge >= 0.3 is 0 Å². The van der Waals surface area contributed by atoms with Gasteiger partial charge in [0.15, 0.2) is 6.61 Å². The predicted octanol–water partition coefficient (Wildman–Crippen LogP) is 3.91. The summed E-state index contributed by atoms with van der Waals surface area (Å²) in [5.74, 6) is 0.833. The van der Waals surface area contributed by atoms with E-state index >= 15 is 0 Å². The van der Waals surface area contributed by atoms with Gasteiger partial charge in [-0.15, -0.1) is 10.2 Å². The Morgan fingerprint density at radius 1 is 1.19 bits per heavy atom. The van der Waals surface area contributed by atoms with Crippen molar-refractivity contribution in [1.82, 2.24) is 10.2 Å². The van der Waals surface area contributed by atoms with Crippen LogP contribution in [0.4, 0.5) is 11.4 Å². The van der Waals surface area contributed by atoms with Crippen molar-refractivity contribution in [2.24, 2.45) is 0 Å². The van der Waals surface area contributed by atoms with E-state index in [9.17, 15) is 14.9 Å². The van der Waals surface area contributed by atoms with Crippen molar-refractivity contribution in [3.05, 3.63) is 63.5 Å². The molecule has 1 aromatic heterocycles. The molecule has 1 N–H and O–H groups in total. The Morgan fingerprint density at radius 3 is 2.61 bits per heavy atom. The van der Waals surface area contributed by atoms with Gasteiger partial charge in [-0.2, -0.15) is 0 Å². The third-order valence-corrected chi connectivity index (χ3v) is 4.82. The highest BCUT2D eigenvalue weighted by Crippen LogP contribution is 2.29. The lowest BCUT2D eigenvalue weighted by molar-refractivity contribution is -0.384. The molecule has 11 heteroatoms. The smallest absolute Gasteiger partial charge is 0.277 e. The van der Waals surface area contributed by atoms with Crippen LogP contribution in [-0.2, 0) is 11.4 Å². The number of nitro benzene ring substituents is 1. The zero-order chi connectivity index (χ0) is 22.4. The van der Waals surface area contributed by atoms with Gasteiger partial charge in [-0.25, -0.2) is 0 Å². The molecule has 0 radical (unpaired) electrons. The van der Waals surface area contributed by atoms with E-state index in [-0.39, 0.29) is 34.9 Å². The molecule has 0 aliphatic carbocycles. The van der Waals surface area contributed by atoms with Crippen LogP contribution < -0.4 is 14.8 Å². The van der Waals surface area contributed by atoms with Crippen LogP contribution in [0.15, 0.2) is 46.0 Å². The number of non-ortho nitro benzene ring substituents is 1. The first-order chi connectivity index (χ1) is 14.8. The predicted molar refractivity (Wildman–Crippen MR) is 114 cm³/mol. The Balaban J connectivity index is 1.52. The highest BCUT2D eigenvalue weighted by Gasteiger charge is 2.15. The first-order valence-electron chi connectivity index (χ1n) is 9.12. The third-order valence-electron chi connectivity index (χ3n) is 4.00. The largest absolute Gasteiger partial charge is 0.494 e. The van der Waals surface area contributed by atoms with E-state index in [2.05, 4.69) is 15.5 Å². The standard InChI is InChI=1S/C20H20N4O6S/c1-12-6-13(2)8-15(7-12)29-10-19-22-23-20(30-19)31-11-18(25)21-16-5-4-14(24(26)27)9-17(16)28-3/h4-9H,10-11H2,1-3H3,(H,21,25). The summed E-state index contributed by atoms with van der Waals surface area (Å²) in [6.45, 7) is 4.08. The summed E-state index contributed by atoms with van der Waals surface area (Å²) in [4.78, 5) is 22.5. The van der Waals surface area contributed by atoms with E-state index in [1.807, 2.05) is 32.0 Å².